The maximum Gasteiger partial charge on any atom is 0.490 e. The molecule has 30 heavy (non-hydrogen) atoms. The van der Waals surface area contributed by atoms with Crippen LogP contribution in [-0.2, 0) is 31.6 Å². The number of aromatic nitrogens is 2. The van der Waals surface area contributed by atoms with Crippen LogP contribution in [0.25, 0.3) is 0 Å². The largest absolute Gasteiger partial charge is 0.490 e. The van der Waals surface area contributed by atoms with E-state index in [0.29, 0.717) is 4.57 Å². The molecule has 1 aliphatic heterocycles. The van der Waals surface area contributed by atoms with Gasteiger partial charge in [-0.15, -0.1) is 0 Å². The van der Waals surface area contributed by atoms with Crippen molar-refractivity contribution in [1.29, 1.82) is 0 Å². The van der Waals surface area contributed by atoms with Crippen molar-refractivity contribution in [2.45, 2.75) is 31.0 Å². The van der Waals surface area contributed by atoms with Crippen molar-refractivity contribution >= 4 is 23.5 Å². The molecule has 20 heteroatoms. The molecule has 1 aromatic rings. The van der Waals surface area contributed by atoms with E-state index in [1.165, 1.54) is 0 Å². The second-order valence-corrected chi connectivity index (χ2v) is 10.4. The second kappa shape index (κ2) is 8.47. The van der Waals surface area contributed by atoms with Crippen molar-refractivity contribution in [2.75, 3.05) is 6.61 Å². The van der Waals surface area contributed by atoms with E-state index in [1.54, 1.807) is 0 Å². The molecule has 0 radical (unpaired) electrons. The minimum Gasteiger partial charge on any atom is -0.387 e. The number of hydrogen-bond donors (Lipinski definition) is 6. The van der Waals surface area contributed by atoms with Crippen molar-refractivity contribution in [1.82, 2.24) is 9.55 Å². The molecule has 0 saturated carbocycles. The zero-order chi connectivity index (χ0) is 23.1. The zero-order valence-corrected chi connectivity index (χ0v) is 17.4. The van der Waals surface area contributed by atoms with E-state index in [9.17, 15) is 37.7 Å². The van der Waals surface area contributed by atoms with Crippen LogP contribution >= 0.6 is 23.5 Å². The van der Waals surface area contributed by atoms with Crippen molar-refractivity contribution in [3.63, 3.8) is 0 Å². The van der Waals surface area contributed by atoms with E-state index in [0.717, 1.165) is 19.2 Å². The molecule has 0 spiro atoms. The van der Waals surface area contributed by atoms with Gasteiger partial charge in [0.25, 0.3) is 5.56 Å². The van der Waals surface area contributed by atoms with E-state index < -0.39 is 65.4 Å². The fourth-order valence-electron chi connectivity index (χ4n) is 2.43. The summed E-state index contributed by atoms with van der Waals surface area (Å²) in [6, 6.07) is 0.868. The van der Waals surface area contributed by atoms with Crippen LogP contribution in [0, 0.1) is 0 Å². The van der Waals surface area contributed by atoms with Gasteiger partial charge in [0, 0.05) is 12.3 Å². The molecule has 1 saturated heterocycles. The number of ether oxygens (including phenoxy) is 1. The Balaban J connectivity index is 2.13. The van der Waals surface area contributed by atoms with Gasteiger partial charge in [-0.1, -0.05) is 0 Å². The minimum absolute atomic E-state index is 0.593. The fourth-order valence-corrected chi connectivity index (χ4v) is 5.46. The Morgan fingerprint density at radius 2 is 1.80 bits per heavy atom. The molecular formula is C10H16FN2O14P3. The van der Waals surface area contributed by atoms with Crippen LogP contribution < -0.4 is 11.2 Å². The maximum atomic E-state index is 14.9. The number of aromatic amines is 1. The Kier molecular flexibility index (Phi) is 7.11. The number of aliphatic hydroxyl groups excluding tert-OH is 1. The molecule has 6 atom stereocenters. The normalized spacial score (nSPS) is 31.2. The molecule has 2 heterocycles. The number of nitrogens with zero attached hydrogens (tertiary/aromatic N) is 1. The highest BCUT2D eigenvalue weighted by molar-refractivity contribution is 7.66. The quantitative estimate of drug-likeness (QED) is 0.231. The average molecular weight is 500 g/mol. The highest BCUT2D eigenvalue weighted by Gasteiger charge is 2.56. The van der Waals surface area contributed by atoms with Crippen molar-refractivity contribution < 1.29 is 60.6 Å². The van der Waals surface area contributed by atoms with Crippen LogP contribution in [0.15, 0.2) is 21.9 Å². The van der Waals surface area contributed by atoms with Gasteiger partial charge >= 0.3 is 29.2 Å². The van der Waals surface area contributed by atoms with E-state index in [4.69, 9.17) is 19.4 Å². The number of H-pyrrole nitrogens is 1. The zero-order valence-electron chi connectivity index (χ0n) is 14.7. The first-order valence-corrected chi connectivity index (χ1v) is 12.1. The summed E-state index contributed by atoms with van der Waals surface area (Å²) >= 11 is 0. The second-order valence-electron chi connectivity index (χ2n) is 6.03. The number of phosphoric acid groups is 3. The number of halogens is 1. The van der Waals surface area contributed by atoms with Crippen molar-refractivity contribution in [3.05, 3.63) is 33.1 Å². The van der Waals surface area contributed by atoms with E-state index in [-0.39, 0.29) is 0 Å². The van der Waals surface area contributed by atoms with Crippen LogP contribution in [0.3, 0.4) is 0 Å². The standard InChI is InChI=1S/C10H16FN2O14P3/c1-10(11)7(15)5(25-8(10)13-3-2-6(14)12-9(13)16)4-24-29(20,21)27-30(22,23)26-28(17,18)19/h2-3,5,7-8,15H,4H2,1H3,(H,20,21)(H,22,23)(H,12,14,16)(H2,17,18,19)/t5-,7-,8-,10-/m0/s1. The van der Waals surface area contributed by atoms with Crippen LogP contribution in [0.4, 0.5) is 4.39 Å². The Hall–Kier alpha value is -1.06. The van der Waals surface area contributed by atoms with Gasteiger partial charge in [0.2, 0.25) is 0 Å². The van der Waals surface area contributed by atoms with Gasteiger partial charge in [-0.2, -0.15) is 8.62 Å². The Labute approximate surface area is 165 Å². The van der Waals surface area contributed by atoms with Crippen LogP contribution in [0.1, 0.15) is 13.2 Å². The van der Waals surface area contributed by atoms with E-state index in [2.05, 4.69) is 13.1 Å². The smallest absolute Gasteiger partial charge is 0.387 e. The van der Waals surface area contributed by atoms with Gasteiger partial charge in [-0.05, 0) is 6.92 Å². The topological polar surface area (TPSA) is 244 Å². The SMILES string of the molecule is C[C@@]1(F)[C@@H](n2ccc(=O)[nH]c2=O)O[C@@H](COP(=O)(O)OP(=O)(O)OP(=O)(O)O)[C@@H]1O. The predicted octanol–water partition coefficient (Wildman–Crippen LogP) is -1.13. The summed E-state index contributed by atoms with van der Waals surface area (Å²) in [4.78, 5) is 60.1. The van der Waals surface area contributed by atoms with Gasteiger partial charge in [-0.25, -0.2) is 22.9 Å². The molecule has 2 unspecified atom stereocenters. The number of phosphoric ester groups is 1. The molecule has 2 rings (SSSR count). The first-order chi connectivity index (χ1) is 13.4. The Morgan fingerprint density at radius 1 is 1.20 bits per heavy atom. The van der Waals surface area contributed by atoms with Gasteiger partial charge in [0.15, 0.2) is 11.9 Å². The first-order valence-electron chi connectivity index (χ1n) is 7.56. The molecule has 0 bridgehead atoms. The summed E-state index contributed by atoms with van der Waals surface area (Å²) in [5.41, 5.74) is -4.55. The summed E-state index contributed by atoms with van der Waals surface area (Å²) in [7, 11) is -16.9. The van der Waals surface area contributed by atoms with Crippen LogP contribution in [0.5, 0.6) is 0 Å². The molecule has 0 aliphatic carbocycles. The molecule has 6 N–H and O–H groups in total. The predicted molar refractivity (Wildman–Crippen MR) is 90.6 cm³/mol. The Morgan fingerprint density at radius 3 is 2.33 bits per heavy atom. The molecule has 1 fully saturated rings. The van der Waals surface area contributed by atoms with E-state index >= 15 is 0 Å². The molecule has 0 amide bonds. The molecular weight excluding hydrogens is 484 g/mol. The summed E-state index contributed by atoms with van der Waals surface area (Å²) in [5, 5.41) is 10.1. The third-order valence-corrected chi connectivity index (χ3v) is 7.44. The molecule has 1 aliphatic rings. The van der Waals surface area contributed by atoms with Crippen molar-refractivity contribution in [3.8, 4) is 0 Å². The first kappa shape index (κ1) is 25.2. The summed E-state index contributed by atoms with van der Waals surface area (Å²) in [5.74, 6) is 0. The third-order valence-electron chi connectivity index (χ3n) is 3.64. The molecule has 1 aromatic heterocycles. The molecule has 0 aromatic carbocycles. The number of aliphatic hydroxyl groups is 1. The van der Waals surface area contributed by atoms with Gasteiger partial charge in [-0.3, -0.25) is 18.9 Å². The maximum absolute atomic E-state index is 14.9. The molecule has 16 nitrogen and oxygen atoms in total. The van der Waals surface area contributed by atoms with Gasteiger partial charge in [0.05, 0.1) is 6.61 Å². The average Bonchev–Trinajstić information content (AvgIpc) is 2.73. The van der Waals surface area contributed by atoms with Crippen LogP contribution in [-0.4, -0.2) is 58.7 Å². The Bertz CT molecular complexity index is 1050. The highest BCUT2D eigenvalue weighted by Crippen LogP contribution is 2.66. The monoisotopic (exact) mass is 500 g/mol. The minimum atomic E-state index is -5.77. The molecule has 172 valence electrons. The fraction of sp³-hybridized carbons (Fsp3) is 0.600. The van der Waals surface area contributed by atoms with Crippen molar-refractivity contribution in [2.24, 2.45) is 0 Å². The summed E-state index contributed by atoms with van der Waals surface area (Å²) < 4.78 is 65.4. The number of nitrogens with one attached hydrogen (secondary N) is 1. The summed E-state index contributed by atoms with van der Waals surface area (Å²) in [6.45, 7) is -0.316. The highest BCUT2D eigenvalue weighted by atomic mass is 31.3. The third kappa shape index (κ3) is 6.23. The van der Waals surface area contributed by atoms with Crippen LogP contribution in [0.2, 0.25) is 0 Å². The number of rotatable bonds is 8. The number of hydrogen-bond acceptors (Lipinski definition) is 10. The van der Waals surface area contributed by atoms with E-state index in [1.807, 2.05) is 4.98 Å². The summed E-state index contributed by atoms with van der Waals surface area (Å²) in [6.07, 6.45) is -4.73. The lowest BCUT2D eigenvalue weighted by molar-refractivity contribution is -0.0604. The van der Waals surface area contributed by atoms with Gasteiger partial charge in [0.1, 0.15) is 12.2 Å². The number of alkyl halides is 1. The lowest BCUT2D eigenvalue weighted by Gasteiger charge is -2.24. The van der Waals surface area contributed by atoms with Gasteiger partial charge < -0.3 is 29.4 Å². The lowest BCUT2D eigenvalue weighted by atomic mass is 9.98. The lowest BCUT2D eigenvalue weighted by Crippen LogP contribution is -2.43.